The Kier molecular flexibility index (Phi) is 3.01. The smallest absolute Gasteiger partial charge is 0.201 e. The fourth-order valence-corrected chi connectivity index (χ4v) is 3.70. The summed E-state index contributed by atoms with van der Waals surface area (Å²) in [7, 11) is 0. The lowest BCUT2D eigenvalue weighted by Gasteiger charge is -2.14. The van der Waals surface area contributed by atoms with Crippen LogP contribution >= 0.6 is 0 Å². The number of hydrogen-bond acceptors (Lipinski definition) is 2. The van der Waals surface area contributed by atoms with Crippen LogP contribution in [-0.2, 0) is 6.54 Å². The van der Waals surface area contributed by atoms with Crippen molar-refractivity contribution in [1.82, 2.24) is 9.55 Å². The van der Waals surface area contributed by atoms with Crippen molar-refractivity contribution in [1.29, 1.82) is 0 Å². The van der Waals surface area contributed by atoms with Gasteiger partial charge in [-0.3, -0.25) is 0 Å². The molecule has 5 aromatic rings. The van der Waals surface area contributed by atoms with Crippen molar-refractivity contribution < 1.29 is 0 Å². The van der Waals surface area contributed by atoms with E-state index in [1.54, 1.807) is 0 Å². The van der Waals surface area contributed by atoms with Crippen LogP contribution in [0.5, 0.6) is 0 Å². The Hall–Kier alpha value is -3.33. The molecule has 3 nitrogen and oxygen atoms in total. The van der Waals surface area contributed by atoms with Gasteiger partial charge < -0.3 is 10.3 Å². The largest absolute Gasteiger partial charge is 0.369 e. The maximum Gasteiger partial charge on any atom is 0.201 e. The Morgan fingerprint density at radius 2 is 1.36 bits per heavy atom. The lowest BCUT2D eigenvalue weighted by atomic mass is 9.96. The molecule has 0 aliphatic carbocycles. The van der Waals surface area contributed by atoms with Gasteiger partial charge in [-0.05, 0) is 45.3 Å². The zero-order chi connectivity index (χ0) is 16.8. The van der Waals surface area contributed by atoms with Gasteiger partial charge in [0.2, 0.25) is 5.95 Å². The number of aromatic nitrogens is 2. The molecule has 0 spiro atoms. The molecule has 120 valence electrons. The average molecular weight is 323 g/mol. The number of nitrogens with two attached hydrogens (primary N) is 1. The predicted octanol–water partition coefficient (Wildman–Crippen LogP) is 4.97. The minimum atomic E-state index is 0.554. The minimum absolute atomic E-state index is 0.554. The highest BCUT2D eigenvalue weighted by Crippen LogP contribution is 2.30. The zero-order valence-electron chi connectivity index (χ0n) is 13.7. The molecule has 0 aliphatic rings. The van der Waals surface area contributed by atoms with E-state index in [9.17, 15) is 0 Å². The number of anilines is 1. The maximum absolute atomic E-state index is 6.24. The van der Waals surface area contributed by atoms with E-state index in [0.29, 0.717) is 12.5 Å². The van der Waals surface area contributed by atoms with Crippen molar-refractivity contribution in [3.8, 4) is 0 Å². The molecule has 0 atom stereocenters. The number of fused-ring (bicyclic) bond motifs is 3. The molecule has 0 amide bonds. The van der Waals surface area contributed by atoms with Crippen LogP contribution < -0.4 is 5.73 Å². The molecule has 0 saturated heterocycles. The first kappa shape index (κ1) is 14.1. The average Bonchev–Trinajstić information content (AvgIpc) is 2.97. The summed E-state index contributed by atoms with van der Waals surface area (Å²) in [5.74, 6) is 0.554. The lowest BCUT2D eigenvalue weighted by Crippen LogP contribution is -2.05. The van der Waals surface area contributed by atoms with Crippen LogP contribution in [0, 0.1) is 0 Å². The van der Waals surface area contributed by atoms with Crippen LogP contribution in [0.1, 0.15) is 5.56 Å². The SMILES string of the molecule is Nc1nc2ccccc2n1Cc1c2ccccc2cc2ccccc12. The molecular weight excluding hydrogens is 306 g/mol. The normalized spacial score (nSPS) is 11.5. The molecule has 25 heavy (non-hydrogen) atoms. The minimum Gasteiger partial charge on any atom is -0.369 e. The van der Waals surface area contributed by atoms with Crippen molar-refractivity contribution in [3.05, 3.63) is 84.4 Å². The highest BCUT2D eigenvalue weighted by molar-refractivity contribution is 6.02. The molecular formula is C22H17N3. The molecule has 4 aromatic carbocycles. The summed E-state index contributed by atoms with van der Waals surface area (Å²) in [6.07, 6.45) is 0. The van der Waals surface area contributed by atoms with E-state index in [1.165, 1.54) is 27.1 Å². The molecule has 1 heterocycles. The van der Waals surface area contributed by atoms with E-state index < -0.39 is 0 Å². The molecule has 0 saturated carbocycles. The molecule has 1 aromatic heterocycles. The highest BCUT2D eigenvalue weighted by atomic mass is 15.1. The number of para-hydroxylation sites is 2. The summed E-state index contributed by atoms with van der Waals surface area (Å²) in [5, 5.41) is 5.02. The summed E-state index contributed by atoms with van der Waals surface area (Å²) in [4.78, 5) is 4.51. The molecule has 0 fully saturated rings. The third kappa shape index (κ3) is 2.17. The third-order valence-corrected chi connectivity index (χ3v) is 4.88. The summed E-state index contributed by atoms with van der Waals surface area (Å²) >= 11 is 0. The second-order valence-corrected chi connectivity index (χ2v) is 6.34. The molecule has 0 aliphatic heterocycles. The summed E-state index contributed by atoms with van der Waals surface area (Å²) in [6.45, 7) is 0.703. The van der Waals surface area contributed by atoms with Gasteiger partial charge >= 0.3 is 0 Å². The first-order chi connectivity index (χ1) is 12.3. The van der Waals surface area contributed by atoms with Gasteiger partial charge in [0, 0.05) is 0 Å². The van der Waals surface area contributed by atoms with Gasteiger partial charge in [0.15, 0.2) is 0 Å². The van der Waals surface area contributed by atoms with E-state index in [4.69, 9.17) is 5.73 Å². The van der Waals surface area contributed by atoms with Gasteiger partial charge in [-0.15, -0.1) is 0 Å². The number of rotatable bonds is 2. The predicted molar refractivity (Wildman–Crippen MR) is 105 cm³/mol. The van der Waals surface area contributed by atoms with Crippen LogP contribution in [-0.4, -0.2) is 9.55 Å². The van der Waals surface area contributed by atoms with Crippen LogP contribution in [0.15, 0.2) is 78.9 Å². The highest BCUT2D eigenvalue weighted by Gasteiger charge is 2.12. The third-order valence-electron chi connectivity index (χ3n) is 4.88. The Labute approximate surface area is 145 Å². The monoisotopic (exact) mass is 323 g/mol. The van der Waals surface area contributed by atoms with Crippen molar-refractivity contribution in [3.63, 3.8) is 0 Å². The molecule has 5 rings (SSSR count). The summed E-state index contributed by atoms with van der Waals surface area (Å²) in [6, 6.07) is 27.4. The fourth-order valence-electron chi connectivity index (χ4n) is 3.70. The van der Waals surface area contributed by atoms with Gasteiger partial charge in [0.05, 0.1) is 17.6 Å². The number of hydrogen-bond donors (Lipinski definition) is 1. The molecule has 0 radical (unpaired) electrons. The Morgan fingerprint density at radius 1 is 0.760 bits per heavy atom. The van der Waals surface area contributed by atoms with Crippen LogP contribution in [0.3, 0.4) is 0 Å². The van der Waals surface area contributed by atoms with E-state index in [0.717, 1.165) is 11.0 Å². The van der Waals surface area contributed by atoms with Crippen LogP contribution in [0.4, 0.5) is 5.95 Å². The molecule has 2 N–H and O–H groups in total. The number of imidazole rings is 1. The Bertz CT molecular complexity index is 1180. The van der Waals surface area contributed by atoms with Crippen LogP contribution in [0.25, 0.3) is 32.6 Å². The second kappa shape index (κ2) is 5.35. The van der Waals surface area contributed by atoms with E-state index >= 15 is 0 Å². The molecule has 0 bridgehead atoms. The summed E-state index contributed by atoms with van der Waals surface area (Å²) in [5.41, 5.74) is 9.52. The zero-order valence-corrected chi connectivity index (χ0v) is 13.7. The first-order valence-electron chi connectivity index (χ1n) is 8.41. The topological polar surface area (TPSA) is 43.8 Å². The molecule has 3 heteroatoms. The van der Waals surface area contributed by atoms with E-state index in [-0.39, 0.29) is 0 Å². The number of benzene rings is 4. The number of nitrogen functional groups attached to an aromatic ring is 1. The van der Waals surface area contributed by atoms with Gasteiger partial charge in [-0.25, -0.2) is 4.98 Å². The second-order valence-electron chi connectivity index (χ2n) is 6.34. The van der Waals surface area contributed by atoms with E-state index in [2.05, 4.69) is 70.2 Å². The van der Waals surface area contributed by atoms with Crippen molar-refractivity contribution >= 4 is 38.5 Å². The van der Waals surface area contributed by atoms with E-state index in [1.807, 2.05) is 18.2 Å². The van der Waals surface area contributed by atoms with Gasteiger partial charge in [-0.1, -0.05) is 60.7 Å². The maximum atomic E-state index is 6.24. The van der Waals surface area contributed by atoms with Gasteiger partial charge in [-0.2, -0.15) is 0 Å². The van der Waals surface area contributed by atoms with Crippen LogP contribution in [0.2, 0.25) is 0 Å². The standard InChI is InChI=1S/C22H17N3/c23-22-24-20-11-5-6-12-21(20)25(22)14-19-17-9-3-1-7-15(17)13-16-8-2-4-10-18(16)19/h1-13H,14H2,(H2,23,24). The van der Waals surface area contributed by atoms with Gasteiger partial charge in [0.25, 0.3) is 0 Å². The lowest BCUT2D eigenvalue weighted by molar-refractivity contribution is 0.850. The Balaban J connectivity index is 1.82. The summed E-state index contributed by atoms with van der Waals surface area (Å²) < 4.78 is 2.10. The number of nitrogens with zero attached hydrogens (tertiary/aromatic N) is 2. The fraction of sp³-hybridized carbons (Fsp3) is 0.0455. The van der Waals surface area contributed by atoms with Crippen molar-refractivity contribution in [2.75, 3.05) is 5.73 Å². The molecule has 0 unspecified atom stereocenters. The van der Waals surface area contributed by atoms with Crippen molar-refractivity contribution in [2.45, 2.75) is 6.54 Å². The first-order valence-corrected chi connectivity index (χ1v) is 8.41. The Morgan fingerprint density at radius 3 is 2.08 bits per heavy atom. The van der Waals surface area contributed by atoms with Gasteiger partial charge in [0.1, 0.15) is 0 Å². The van der Waals surface area contributed by atoms with Crippen molar-refractivity contribution in [2.24, 2.45) is 0 Å². The quantitative estimate of drug-likeness (QED) is 0.466.